The molecule has 1 unspecified atom stereocenters. The molecule has 0 saturated heterocycles. The molecular weight excluding hydrogens is 210 g/mol. The number of benzene rings is 1. The molecule has 96 valence electrons. The Balaban J connectivity index is 3.40. The van der Waals surface area contributed by atoms with Gasteiger partial charge in [-0.3, -0.25) is 0 Å². The van der Waals surface area contributed by atoms with Crippen LogP contribution in [0.3, 0.4) is 0 Å². The van der Waals surface area contributed by atoms with E-state index in [4.69, 9.17) is 5.73 Å². The molecule has 2 heteroatoms. The highest BCUT2D eigenvalue weighted by Crippen LogP contribution is 2.31. The minimum atomic E-state index is -0.940. The third-order valence-electron chi connectivity index (χ3n) is 3.33. The molecule has 3 N–H and O–H groups in total. The van der Waals surface area contributed by atoms with E-state index in [0.717, 1.165) is 16.7 Å². The zero-order valence-electron chi connectivity index (χ0n) is 11.9. The van der Waals surface area contributed by atoms with Crippen molar-refractivity contribution >= 4 is 0 Å². The van der Waals surface area contributed by atoms with Gasteiger partial charge < -0.3 is 10.8 Å². The van der Waals surface area contributed by atoms with Crippen molar-refractivity contribution in [2.75, 3.05) is 6.54 Å². The molecule has 0 heterocycles. The van der Waals surface area contributed by atoms with Crippen molar-refractivity contribution in [3.8, 4) is 0 Å². The average molecular weight is 235 g/mol. The van der Waals surface area contributed by atoms with Gasteiger partial charge in [0.05, 0.1) is 5.60 Å². The Morgan fingerprint density at radius 3 is 1.76 bits per heavy atom. The smallest absolute Gasteiger partial charge is 0.0995 e. The Hall–Kier alpha value is -0.860. The highest BCUT2D eigenvalue weighted by Gasteiger charge is 2.26. The van der Waals surface area contributed by atoms with E-state index >= 15 is 0 Å². The molecule has 0 aromatic heterocycles. The molecule has 0 saturated carbocycles. The van der Waals surface area contributed by atoms with Gasteiger partial charge in [-0.15, -0.1) is 0 Å². The topological polar surface area (TPSA) is 46.2 Å². The third kappa shape index (κ3) is 2.88. The largest absolute Gasteiger partial charge is 0.384 e. The average Bonchev–Trinajstić information content (AvgIpc) is 2.14. The fraction of sp³-hybridized carbons (Fsp3) is 0.600. The van der Waals surface area contributed by atoms with Crippen molar-refractivity contribution in [3.63, 3.8) is 0 Å². The fourth-order valence-corrected chi connectivity index (χ4v) is 2.35. The minimum absolute atomic E-state index is 0.128. The lowest BCUT2D eigenvalue weighted by molar-refractivity contribution is 0.0655. The van der Waals surface area contributed by atoms with Crippen LogP contribution in [0.5, 0.6) is 0 Å². The van der Waals surface area contributed by atoms with E-state index in [1.807, 2.05) is 13.8 Å². The molecule has 1 aromatic rings. The van der Waals surface area contributed by atoms with Crippen LogP contribution in [0, 0.1) is 13.8 Å². The first kappa shape index (κ1) is 14.2. The first-order valence-electron chi connectivity index (χ1n) is 6.14. The van der Waals surface area contributed by atoms with Gasteiger partial charge in [0.25, 0.3) is 0 Å². The van der Waals surface area contributed by atoms with E-state index < -0.39 is 5.60 Å². The summed E-state index contributed by atoms with van der Waals surface area (Å²) in [6.45, 7) is 12.7. The van der Waals surface area contributed by atoms with Gasteiger partial charge in [-0.05, 0) is 48.4 Å². The van der Waals surface area contributed by atoms with Crippen molar-refractivity contribution in [2.24, 2.45) is 5.73 Å². The van der Waals surface area contributed by atoms with E-state index in [2.05, 4.69) is 32.9 Å². The second-order valence-electron chi connectivity index (χ2n) is 6.21. The lowest BCUT2D eigenvalue weighted by Crippen LogP contribution is -2.33. The monoisotopic (exact) mass is 235 g/mol. The highest BCUT2D eigenvalue weighted by molar-refractivity contribution is 5.43. The first-order valence-corrected chi connectivity index (χ1v) is 6.14. The number of hydrogen-bond acceptors (Lipinski definition) is 2. The summed E-state index contributed by atoms with van der Waals surface area (Å²) >= 11 is 0. The van der Waals surface area contributed by atoms with Crippen LogP contribution in [-0.4, -0.2) is 11.7 Å². The molecule has 0 spiro atoms. The molecule has 17 heavy (non-hydrogen) atoms. The van der Waals surface area contributed by atoms with Crippen LogP contribution in [0.2, 0.25) is 0 Å². The molecular formula is C15H25NO. The number of rotatable bonds is 2. The Labute approximate surface area is 105 Å². The van der Waals surface area contributed by atoms with Crippen LogP contribution < -0.4 is 5.73 Å². The fourth-order valence-electron chi connectivity index (χ4n) is 2.35. The van der Waals surface area contributed by atoms with Crippen molar-refractivity contribution in [2.45, 2.75) is 52.6 Å². The van der Waals surface area contributed by atoms with Crippen LogP contribution in [0.15, 0.2) is 12.1 Å². The van der Waals surface area contributed by atoms with Crippen molar-refractivity contribution < 1.29 is 5.11 Å². The zero-order valence-corrected chi connectivity index (χ0v) is 11.9. The molecule has 0 aliphatic carbocycles. The Morgan fingerprint density at radius 2 is 1.47 bits per heavy atom. The van der Waals surface area contributed by atoms with Crippen LogP contribution in [-0.2, 0) is 11.0 Å². The summed E-state index contributed by atoms with van der Waals surface area (Å²) in [5, 5.41) is 10.3. The number of aryl methyl sites for hydroxylation is 2. The van der Waals surface area contributed by atoms with Crippen LogP contribution in [0.1, 0.15) is 49.9 Å². The van der Waals surface area contributed by atoms with E-state index in [-0.39, 0.29) is 12.0 Å². The van der Waals surface area contributed by atoms with Crippen LogP contribution in [0.25, 0.3) is 0 Å². The molecule has 2 nitrogen and oxygen atoms in total. The number of hydrogen-bond donors (Lipinski definition) is 2. The quantitative estimate of drug-likeness (QED) is 0.828. The summed E-state index contributed by atoms with van der Waals surface area (Å²) in [4.78, 5) is 0. The number of aliphatic hydroxyl groups is 1. The van der Waals surface area contributed by atoms with E-state index in [1.165, 1.54) is 5.56 Å². The maximum Gasteiger partial charge on any atom is 0.0995 e. The highest BCUT2D eigenvalue weighted by atomic mass is 16.3. The van der Waals surface area contributed by atoms with E-state index in [0.29, 0.717) is 0 Å². The summed E-state index contributed by atoms with van der Waals surface area (Å²) in [6.07, 6.45) is 0. The Morgan fingerprint density at radius 1 is 1.06 bits per heavy atom. The van der Waals surface area contributed by atoms with Crippen LogP contribution >= 0.6 is 0 Å². The minimum Gasteiger partial charge on any atom is -0.384 e. The second-order valence-corrected chi connectivity index (χ2v) is 6.21. The summed E-state index contributed by atoms with van der Waals surface area (Å²) in [5.74, 6) is 0. The lowest BCUT2D eigenvalue weighted by atomic mass is 9.80. The summed E-state index contributed by atoms with van der Waals surface area (Å²) in [7, 11) is 0. The summed E-state index contributed by atoms with van der Waals surface area (Å²) in [6, 6.07) is 4.32. The summed E-state index contributed by atoms with van der Waals surface area (Å²) in [5.41, 5.74) is 9.33. The molecule has 1 aromatic carbocycles. The zero-order chi connectivity index (χ0) is 13.4. The molecule has 1 atom stereocenters. The molecule has 1 rings (SSSR count). The van der Waals surface area contributed by atoms with E-state index in [9.17, 15) is 5.11 Å². The Bertz CT molecular complexity index is 390. The van der Waals surface area contributed by atoms with Gasteiger partial charge in [0.1, 0.15) is 0 Å². The predicted octanol–water partition coefficient (Wildman–Crippen LogP) is 2.77. The Kier molecular flexibility index (Phi) is 3.70. The van der Waals surface area contributed by atoms with Gasteiger partial charge >= 0.3 is 0 Å². The summed E-state index contributed by atoms with van der Waals surface area (Å²) < 4.78 is 0. The van der Waals surface area contributed by atoms with Gasteiger partial charge in [-0.2, -0.15) is 0 Å². The van der Waals surface area contributed by atoms with E-state index in [1.54, 1.807) is 6.92 Å². The molecule has 0 radical (unpaired) electrons. The van der Waals surface area contributed by atoms with Crippen molar-refractivity contribution in [1.82, 2.24) is 0 Å². The van der Waals surface area contributed by atoms with Crippen molar-refractivity contribution in [1.29, 1.82) is 0 Å². The maximum absolute atomic E-state index is 10.3. The van der Waals surface area contributed by atoms with Gasteiger partial charge in [0, 0.05) is 6.54 Å². The maximum atomic E-state index is 10.3. The van der Waals surface area contributed by atoms with Gasteiger partial charge in [-0.1, -0.05) is 32.9 Å². The predicted molar refractivity (Wildman–Crippen MR) is 73.2 cm³/mol. The molecule has 0 bridgehead atoms. The normalized spacial score (nSPS) is 15.8. The molecule has 0 amide bonds. The molecule has 0 aliphatic rings. The third-order valence-corrected chi connectivity index (χ3v) is 3.33. The molecule has 0 aliphatic heterocycles. The SMILES string of the molecule is Cc1cc(C(C)(C)C)cc(C)c1C(C)(O)CN. The van der Waals surface area contributed by atoms with Gasteiger partial charge in [0.15, 0.2) is 0 Å². The number of nitrogens with two attached hydrogens (primary N) is 1. The first-order chi connectivity index (χ1) is 7.59. The van der Waals surface area contributed by atoms with Crippen LogP contribution in [0.4, 0.5) is 0 Å². The van der Waals surface area contributed by atoms with Crippen molar-refractivity contribution in [3.05, 3.63) is 34.4 Å². The van der Waals surface area contributed by atoms with Gasteiger partial charge in [-0.25, -0.2) is 0 Å². The molecule has 0 fully saturated rings. The second kappa shape index (κ2) is 4.43. The standard InChI is InChI=1S/C15H25NO/c1-10-7-12(14(3,4)5)8-11(2)13(10)15(6,17)9-16/h7-8,17H,9,16H2,1-6H3. The van der Waals surface area contributed by atoms with Gasteiger partial charge in [0.2, 0.25) is 0 Å². The lowest BCUT2D eigenvalue weighted by Gasteiger charge is -2.29.